The monoisotopic (exact) mass is 234 g/mol. The summed E-state index contributed by atoms with van der Waals surface area (Å²) in [5, 5.41) is 3.40. The summed E-state index contributed by atoms with van der Waals surface area (Å²) >= 11 is 0. The van der Waals surface area contributed by atoms with Crippen LogP contribution in [-0.4, -0.2) is 31.1 Å². The van der Waals surface area contributed by atoms with E-state index in [9.17, 15) is 4.39 Å². The third kappa shape index (κ3) is 1.87. The summed E-state index contributed by atoms with van der Waals surface area (Å²) < 4.78 is 13.7. The number of likely N-dealkylation sites (N-methyl/N-ethyl adjacent to an activating group) is 1. The SMILES string of the molecule is CN(C1CCNC1)C1CCc2c(F)cccc21. The quantitative estimate of drug-likeness (QED) is 0.843. The van der Waals surface area contributed by atoms with Crippen molar-refractivity contribution < 1.29 is 4.39 Å². The van der Waals surface area contributed by atoms with Crippen LogP contribution < -0.4 is 5.32 Å². The second-order valence-corrected chi connectivity index (χ2v) is 5.17. The lowest BCUT2D eigenvalue weighted by Gasteiger charge is -2.30. The molecule has 0 saturated carbocycles. The highest BCUT2D eigenvalue weighted by molar-refractivity contribution is 5.35. The van der Waals surface area contributed by atoms with E-state index in [1.165, 1.54) is 12.0 Å². The van der Waals surface area contributed by atoms with Gasteiger partial charge in [-0.05, 0) is 50.0 Å². The lowest BCUT2D eigenvalue weighted by atomic mass is 10.0. The molecule has 1 fully saturated rings. The Morgan fingerprint density at radius 1 is 1.35 bits per heavy atom. The summed E-state index contributed by atoms with van der Waals surface area (Å²) in [6.45, 7) is 2.18. The minimum Gasteiger partial charge on any atom is -0.315 e. The number of hydrogen-bond donors (Lipinski definition) is 1. The zero-order valence-corrected chi connectivity index (χ0v) is 10.2. The van der Waals surface area contributed by atoms with Crippen molar-refractivity contribution in [2.45, 2.75) is 31.3 Å². The van der Waals surface area contributed by atoms with E-state index in [4.69, 9.17) is 0 Å². The molecule has 2 aliphatic rings. The van der Waals surface area contributed by atoms with Crippen molar-refractivity contribution in [2.24, 2.45) is 0 Å². The molecule has 1 aliphatic carbocycles. The molecule has 17 heavy (non-hydrogen) atoms. The van der Waals surface area contributed by atoms with Crippen LogP contribution in [0.1, 0.15) is 30.0 Å². The van der Waals surface area contributed by atoms with Crippen molar-refractivity contribution >= 4 is 0 Å². The number of benzene rings is 1. The molecular weight excluding hydrogens is 215 g/mol. The van der Waals surface area contributed by atoms with Gasteiger partial charge in [0, 0.05) is 18.6 Å². The number of nitrogens with zero attached hydrogens (tertiary/aromatic N) is 1. The van der Waals surface area contributed by atoms with Gasteiger partial charge in [0.15, 0.2) is 0 Å². The van der Waals surface area contributed by atoms with Gasteiger partial charge < -0.3 is 5.32 Å². The van der Waals surface area contributed by atoms with Gasteiger partial charge in [0.2, 0.25) is 0 Å². The van der Waals surface area contributed by atoms with Crippen molar-refractivity contribution in [1.82, 2.24) is 10.2 Å². The fourth-order valence-corrected chi connectivity index (χ4v) is 3.25. The summed E-state index contributed by atoms with van der Waals surface area (Å²) in [6, 6.07) is 6.53. The molecule has 0 radical (unpaired) electrons. The number of rotatable bonds is 2. The van der Waals surface area contributed by atoms with Crippen molar-refractivity contribution in [3.05, 3.63) is 35.1 Å². The van der Waals surface area contributed by atoms with Gasteiger partial charge in [-0.2, -0.15) is 0 Å². The standard InChI is InChI=1S/C14H19FN2/c1-17(10-7-8-16-9-10)14-6-5-11-12(14)3-2-4-13(11)15/h2-4,10,14,16H,5-9H2,1H3. The Hall–Kier alpha value is -0.930. The summed E-state index contributed by atoms with van der Waals surface area (Å²) in [4.78, 5) is 2.44. The van der Waals surface area contributed by atoms with Gasteiger partial charge in [-0.25, -0.2) is 4.39 Å². The van der Waals surface area contributed by atoms with Crippen LogP contribution in [0.15, 0.2) is 18.2 Å². The average Bonchev–Trinajstić information content (AvgIpc) is 2.98. The Kier molecular flexibility index (Phi) is 2.89. The van der Waals surface area contributed by atoms with E-state index < -0.39 is 0 Å². The lowest BCUT2D eigenvalue weighted by molar-refractivity contribution is 0.184. The number of halogens is 1. The predicted molar refractivity (Wildman–Crippen MR) is 66.5 cm³/mol. The third-order valence-corrected chi connectivity index (χ3v) is 4.28. The van der Waals surface area contributed by atoms with E-state index in [2.05, 4.69) is 23.3 Å². The molecule has 1 aromatic rings. The van der Waals surface area contributed by atoms with E-state index in [1.54, 1.807) is 6.07 Å². The first-order valence-corrected chi connectivity index (χ1v) is 6.47. The molecule has 1 aliphatic heterocycles. The fraction of sp³-hybridized carbons (Fsp3) is 0.571. The Labute approximate surface area is 102 Å². The van der Waals surface area contributed by atoms with Crippen LogP contribution in [0.3, 0.4) is 0 Å². The Balaban J connectivity index is 1.85. The molecule has 1 heterocycles. The zero-order valence-electron chi connectivity index (χ0n) is 10.2. The number of fused-ring (bicyclic) bond motifs is 1. The summed E-state index contributed by atoms with van der Waals surface area (Å²) in [5.41, 5.74) is 2.15. The molecule has 2 unspecified atom stereocenters. The highest BCUT2D eigenvalue weighted by atomic mass is 19.1. The molecule has 3 rings (SSSR count). The van der Waals surface area contributed by atoms with Crippen molar-refractivity contribution in [3.63, 3.8) is 0 Å². The molecule has 1 saturated heterocycles. The van der Waals surface area contributed by atoms with Gasteiger partial charge in [-0.3, -0.25) is 4.90 Å². The highest BCUT2D eigenvalue weighted by Crippen LogP contribution is 2.37. The van der Waals surface area contributed by atoms with Crippen molar-refractivity contribution in [2.75, 3.05) is 20.1 Å². The Morgan fingerprint density at radius 3 is 3.00 bits per heavy atom. The van der Waals surface area contributed by atoms with Crippen LogP contribution in [0, 0.1) is 5.82 Å². The van der Waals surface area contributed by atoms with E-state index in [0.29, 0.717) is 12.1 Å². The molecule has 3 heteroatoms. The molecule has 1 aromatic carbocycles. The Bertz CT molecular complexity index is 413. The average molecular weight is 234 g/mol. The molecule has 2 atom stereocenters. The maximum atomic E-state index is 13.7. The van der Waals surface area contributed by atoms with Gasteiger partial charge in [0.05, 0.1) is 0 Å². The van der Waals surface area contributed by atoms with E-state index >= 15 is 0 Å². The highest BCUT2D eigenvalue weighted by Gasteiger charge is 2.32. The maximum Gasteiger partial charge on any atom is 0.126 e. The largest absolute Gasteiger partial charge is 0.315 e. The molecule has 2 nitrogen and oxygen atoms in total. The minimum atomic E-state index is -0.0250. The van der Waals surface area contributed by atoms with Crippen LogP contribution >= 0.6 is 0 Å². The van der Waals surface area contributed by atoms with Gasteiger partial charge in [0.1, 0.15) is 5.82 Å². The van der Waals surface area contributed by atoms with Crippen LogP contribution in [0.4, 0.5) is 4.39 Å². The lowest BCUT2D eigenvalue weighted by Crippen LogP contribution is -2.35. The molecule has 1 N–H and O–H groups in total. The van der Waals surface area contributed by atoms with E-state index in [0.717, 1.165) is 31.5 Å². The summed E-state index contributed by atoms with van der Waals surface area (Å²) in [7, 11) is 2.18. The number of nitrogens with one attached hydrogen (secondary N) is 1. The second kappa shape index (κ2) is 4.39. The first kappa shape index (κ1) is 11.2. The summed E-state index contributed by atoms with van der Waals surface area (Å²) in [6.07, 6.45) is 3.15. The van der Waals surface area contributed by atoms with Crippen LogP contribution in [0.25, 0.3) is 0 Å². The molecule has 0 bridgehead atoms. The smallest absolute Gasteiger partial charge is 0.126 e. The van der Waals surface area contributed by atoms with Crippen molar-refractivity contribution in [3.8, 4) is 0 Å². The van der Waals surface area contributed by atoms with Gasteiger partial charge in [-0.15, -0.1) is 0 Å². The summed E-state index contributed by atoms with van der Waals surface area (Å²) in [5.74, 6) is -0.0250. The molecule has 0 aromatic heterocycles. The minimum absolute atomic E-state index is 0.0250. The predicted octanol–water partition coefficient (Wildman–Crippen LogP) is 2.11. The molecular formula is C14H19FN2. The molecule has 92 valence electrons. The third-order valence-electron chi connectivity index (χ3n) is 4.28. The molecule has 0 spiro atoms. The van der Waals surface area contributed by atoms with Crippen LogP contribution in [-0.2, 0) is 6.42 Å². The number of hydrogen-bond acceptors (Lipinski definition) is 2. The van der Waals surface area contributed by atoms with Gasteiger partial charge in [0.25, 0.3) is 0 Å². The van der Waals surface area contributed by atoms with E-state index in [-0.39, 0.29) is 5.82 Å². The maximum absolute atomic E-state index is 13.7. The topological polar surface area (TPSA) is 15.3 Å². The van der Waals surface area contributed by atoms with Crippen molar-refractivity contribution in [1.29, 1.82) is 0 Å². The normalized spacial score (nSPS) is 27.7. The van der Waals surface area contributed by atoms with Gasteiger partial charge >= 0.3 is 0 Å². The van der Waals surface area contributed by atoms with Gasteiger partial charge in [-0.1, -0.05) is 12.1 Å². The Morgan fingerprint density at radius 2 is 2.24 bits per heavy atom. The van der Waals surface area contributed by atoms with E-state index in [1.807, 2.05) is 6.07 Å². The first-order valence-electron chi connectivity index (χ1n) is 6.47. The second-order valence-electron chi connectivity index (χ2n) is 5.17. The molecule has 0 amide bonds. The van der Waals surface area contributed by atoms with Crippen LogP contribution in [0.5, 0.6) is 0 Å². The zero-order chi connectivity index (χ0) is 11.8. The first-order chi connectivity index (χ1) is 8.27. The fourth-order valence-electron chi connectivity index (χ4n) is 3.25. The van der Waals surface area contributed by atoms with Crippen LogP contribution in [0.2, 0.25) is 0 Å².